The summed E-state index contributed by atoms with van der Waals surface area (Å²) in [7, 11) is 0. The van der Waals surface area contributed by atoms with Gasteiger partial charge in [0.25, 0.3) is 0 Å². The number of benzene rings is 1. The Hall–Kier alpha value is -2.51. The summed E-state index contributed by atoms with van der Waals surface area (Å²) in [4.78, 5) is 12.2. The Bertz CT molecular complexity index is 709. The Kier molecular flexibility index (Phi) is 4.22. The zero-order chi connectivity index (χ0) is 16.4. The fourth-order valence-corrected chi connectivity index (χ4v) is 2.75. The highest BCUT2D eigenvalue weighted by atomic mass is 19.1. The molecule has 1 aromatic carbocycles. The zero-order valence-electron chi connectivity index (χ0n) is 12.3. The smallest absolute Gasteiger partial charge is 0.224 e. The molecule has 1 unspecified atom stereocenters. The van der Waals surface area contributed by atoms with Crippen molar-refractivity contribution in [2.24, 2.45) is 5.92 Å². The number of halogens is 2. The van der Waals surface area contributed by atoms with Crippen molar-refractivity contribution < 1.29 is 18.7 Å². The lowest BCUT2D eigenvalue weighted by molar-refractivity contribution is -0.125. The van der Waals surface area contributed by atoms with Crippen LogP contribution in [0.4, 0.5) is 8.78 Å². The van der Waals surface area contributed by atoms with Gasteiger partial charge in [0.15, 0.2) is 0 Å². The number of fused-ring (bicyclic) bond motifs is 1. The fraction of sp³-hybridized carbons (Fsp3) is 0.400. The third-order valence-corrected chi connectivity index (χ3v) is 4.00. The summed E-state index contributed by atoms with van der Waals surface area (Å²) >= 11 is 0. The van der Waals surface area contributed by atoms with Crippen LogP contribution in [0.2, 0.25) is 0 Å². The molecule has 1 atom stereocenters. The second-order valence-electron chi connectivity index (χ2n) is 5.56. The van der Waals surface area contributed by atoms with E-state index in [1.54, 1.807) is 6.33 Å². The first kappa shape index (κ1) is 15.4. The topological polar surface area (TPSA) is 80.0 Å². The molecule has 122 valence electrons. The number of hydrogen-bond acceptors (Lipinski definition) is 4. The predicted octanol–water partition coefficient (Wildman–Crippen LogP) is 1.18. The van der Waals surface area contributed by atoms with E-state index in [2.05, 4.69) is 15.5 Å². The highest BCUT2D eigenvalue weighted by molar-refractivity contribution is 5.78. The third-order valence-electron chi connectivity index (χ3n) is 4.00. The van der Waals surface area contributed by atoms with Crippen LogP contribution in [-0.4, -0.2) is 32.3 Å². The Labute approximate surface area is 131 Å². The van der Waals surface area contributed by atoms with Crippen LogP contribution in [0.1, 0.15) is 17.8 Å². The van der Waals surface area contributed by atoms with Gasteiger partial charge in [-0.05, 0) is 12.8 Å². The van der Waals surface area contributed by atoms with Gasteiger partial charge in [-0.25, -0.2) is 8.78 Å². The average Bonchev–Trinajstić information content (AvgIpc) is 2.97. The molecular formula is C15H16F2N4O2. The van der Waals surface area contributed by atoms with Crippen LogP contribution in [0.5, 0.6) is 5.75 Å². The molecule has 1 aromatic heterocycles. The van der Waals surface area contributed by atoms with E-state index < -0.39 is 17.4 Å². The van der Waals surface area contributed by atoms with Gasteiger partial charge < -0.3 is 15.0 Å². The van der Waals surface area contributed by atoms with Crippen LogP contribution in [0.25, 0.3) is 0 Å². The number of aryl methyl sites for hydroxylation is 1. The summed E-state index contributed by atoms with van der Waals surface area (Å²) < 4.78 is 29.0. The summed E-state index contributed by atoms with van der Waals surface area (Å²) in [5.41, 5.74) is -0.146. The third kappa shape index (κ3) is 3.30. The highest BCUT2D eigenvalue weighted by Gasteiger charge is 2.25. The molecule has 2 N–H and O–H groups in total. The highest BCUT2D eigenvalue weighted by Crippen LogP contribution is 2.20. The Morgan fingerprint density at radius 1 is 1.39 bits per heavy atom. The number of amides is 1. The first-order valence-electron chi connectivity index (χ1n) is 7.36. The molecule has 2 aromatic rings. The van der Waals surface area contributed by atoms with Crippen molar-refractivity contribution in [2.75, 3.05) is 6.54 Å². The molecule has 0 aliphatic carbocycles. The molecule has 1 aliphatic heterocycles. The minimum Gasteiger partial charge on any atom is -0.508 e. The molecule has 0 bridgehead atoms. The Morgan fingerprint density at radius 2 is 2.13 bits per heavy atom. The van der Waals surface area contributed by atoms with E-state index in [9.17, 15) is 13.6 Å². The maximum Gasteiger partial charge on any atom is 0.224 e. The largest absolute Gasteiger partial charge is 0.508 e. The van der Waals surface area contributed by atoms with Crippen molar-refractivity contribution in [1.82, 2.24) is 20.1 Å². The molecule has 2 heterocycles. The van der Waals surface area contributed by atoms with E-state index in [1.165, 1.54) is 0 Å². The van der Waals surface area contributed by atoms with Crippen molar-refractivity contribution in [3.8, 4) is 5.75 Å². The minimum atomic E-state index is -0.816. The van der Waals surface area contributed by atoms with Gasteiger partial charge in [0.1, 0.15) is 29.5 Å². The average molecular weight is 322 g/mol. The van der Waals surface area contributed by atoms with E-state index in [0.29, 0.717) is 19.4 Å². The number of aromatic hydroxyl groups is 1. The van der Waals surface area contributed by atoms with Crippen LogP contribution >= 0.6 is 0 Å². The fourth-order valence-electron chi connectivity index (χ4n) is 2.75. The summed E-state index contributed by atoms with van der Waals surface area (Å²) in [6, 6.07) is 1.71. The lowest BCUT2D eigenvalue weighted by Crippen LogP contribution is -2.37. The normalized spacial score (nSPS) is 16.9. The van der Waals surface area contributed by atoms with Crippen molar-refractivity contribution in [3.05, 3.63) is 41.5 Å². The van der Waals surface area contributed by atoms with Gasteiger partial charge in [0, 0.05) is 37.2 Å². The van der Waals surface area contributed by atoms with Crippen molar-refractivity contribution in [2.45, 2.75) is 25.8 Å². The first-order chi connectivity index (χ1) is 11.0. The molecule has 6 nitrogen and oxygen atoms in total. The number of nitrogens with zero attached hydrogens (tertiary/aromatic N) is 3. The standard InChI is InChI=1S/C15H16F2N4O2/c16-12-5-10(22)6-13(17)11(12)3-4-18-15(23)9-1-2-14-20-19-8-21(14)7-9/h5-6,8-9,22H,1-4,7H2,(H,18,23). The minimum absolute atomic E-state index is 0.0221. The van der Waals surface area contributed by atoms with Crippen LogP contribution in [0, 0.1) is 17.6 Å². The molecule has 0 spiro atoms. The summed E-state index contributed by atoms with van der Waals surface area (Å²) in [5.74, 6) is -1.58. The van der Waals surface area contributed by atoms with Crippen LogP contribution < -0.4 is 5.32 Å². The van der Waals surface area contributed by atoms with E-state index in [4.69, 9.17) is 5.11 Å². The van der Waals surface area contributed by atoms with Gasteiger partial charge >= 0.3 is 0 Å². The SMILES string of the molecule is O=C(NCCc1c(F)cc(O)cc1F)C1CCc2nncn2C1. The van der Waals surface area contributed by atoms with Crippen LogP contribution in [0.15, 0.2) is 18.5 Å². The lowest BCUT2D eigenvalue weighted by atomic mass is 9.98. The van der Waals surface area contributed by atoms with Crippen molar-refractivity contribution >= 4 is 5.91 Å². The van der Waals surface area contributed by atoms with Crippen LogP contribution in [-0.2, 0) is 24.2 Å². The zero-order valence-corrected chi connectivity index (χ0v) is 12.3. The van der Waals surface area contributed by atoms with Crippen molar-refractivity contribution in [3.63, 3.8) is 0 Å². The maximum atomic E-state index is 13.6. The molecule has 0 saturated carbocycles. The van der Waals surface area contributed by atoms with Gasteiger partial charge in [-0.15, -0.1) is 10.2 Å². The van der Waals surface area contributed by atoms with Gasteiger partial charge in [0.05, 0.1) is 5.92 Å². The van der Waals surface area contributed by atoms with Crippen LogP contribution in [0.3, 0.4) is 0 Å². The molecule has 0 saturated heterocycles. The number of hydrogen-bond donors (Lipinski definition) is 2. The van der Waals surface area contributed by atoms with Crippen molar-refractivity contribution in [1.29, 1.82) is 0 Å². The Balaban J connectivity index is 1.54. The molecule has 23 heavy (non-hydrogen) atoms. The molecule has 3 rings (SSSR count). The second kappa shape index (κ2) is 6.31. The maximum absolute atomic E-state index is 13.6. The van der Waals surface area contributed by atoms with E-state index in [1.807, 2.05) is 4.57 Å². The second-order valence-corrected chi connectivity index (χ2v) is 5.56. The summed E-state index contributed by atoms with van der Waals surface area (Å²) in [6.45, 7) is 0.638. The number of phenols is 1. The Morgan fingerprint density at radius 3 is 2.87 bits per heavy atom. The van der Waals surface area contributed by atoms with Gasteiger partial charge in [-0.2, -0.15) is 0 Å². The summed E-state index contributed by atoms with van der Waals surface area (Å²) in [6.07, 6.45) is 2.97. The molecule has 0 fully saturated rings. The molecule has 0 radical (unpaired) electrons. The summed E-state index contributed by atoms with van der Waals surface area (Å²) in [5, 5.41) is 19.6. The number of phenolic OH excluding ortho intramolecular Hbond substituents is 1. The number of rotatable bonds is 4. The number of carbonyl (C=O) groups is 1. The number of aromatic nitrogens is 3. The molecular weight excluding hydrogens is 306 g/mol. The molecule has 1 amide bonds. The molecule has 8 heteroatoms. The lowest BCUT2D eigenvalue weighted by Gasteiger charge is -2.22. The van der Waals surface area contributed by atoms with Gasteiger partial charge in [-0.3, -0.25) is 4.79 Å². The predicted molar refractivity (Wildman–Crippen MR) is 76.6 cm³/mol. The molecule has 1 aliphatic rings. The quantitative estimate of drug-likeness (QED) is 0.886. The van der Waals surface area contributed by atoms with Gasteiger partial charge in [0.2, 0.25) is 5.91 Å². The number of nitrogens with one attached hydrogen (secondary N) is 1. The first-order valence-corrected chi connectivity index (χ1v) is 7.36. The van der Waals surface area contributed by atoms with E-state index >= 15 is 0 Å². The van der Waals surface area contributed by atoms with Gasteiger partial charge in [-0.1, -0.05) is 0 Å². The van der Waals surface area contributed by atoms with E-state index in [0.717, 1.165) is 18.0 Å². The number of carbonyl (C=O) groups excluding carboxylic acids is 1. The monoisotopic (exact) mass is 322 g/mol. The van der Waals surface area contributed by atoms with E-state index in [-0.39, 0.29) is 30.4 Å².